The van der Waals surface area contributed by atoms with E-state index in [1.807, 2.05) is 25.1 Å². The normalized spacial score (nSPS) is 15.5. The first-order valence-electron chi connectivity index (χ1n) is 7.18. The van der Waals surface area contributed by atoms with Gasteiger partial charge in [0.05, 0.1) is 12.2 Å². The number of carbonyl (C=O) groups excluding carboxylic acids is 1. The molecule has 1 heterocycles. The maximum atomic E-state index is 12.6. The fourth-order valence-corrected chi connectivity index (χ4v) is 2.51. The van der Waals surface area contributed by atoms with Crippen LogP contribution in [0.2, 0.25) is 0 Å². The predicted octanol–water partition coefficient (Wildman–Crippen LogP) is 3.40. The van der Waals surface area contributed by atoms with Gasteiger partial charge in [-0.25, -0.2) is 0 Å². The second-order valence-corrected chi connectivity index (χ2v) is 4.84. The number of benzene rings is 1. The van der Waals surface area contributed by atoms with E-state index in [4.69, 9.17) is 9.47 Å². The first-order chi connectivity index (χ1) is 9.27. The van der Waals surface area contributed by atoms with E-state index in [0.29, 0.717) is 18.8 Å². The van der Waals surface area contributed by atoms with Gasteiger partial charge in [-0.2, -0.15) is 0 Å². The van der Waals surface area contributed by atoms with E-state index in [1.54, 1.807) is 0 Å². The van der Waals surface area contributed by atoms with Gasteiger partial charge in [-0.1, -0.05) is 25.5 Å². The molecule has 0 fully saturated rings. The molecule has 0 aliphatic carbocycles. The van der Waals surface area contributed by atoms with Crippen LogP contribution in [0, 0.1) is 0 Å². The fraction of sp³-hybridized carbons (Fsp3) is 0.562. The van der Waals surface area contributed by atoms with E-state index in [0.717, 1.165) is 37.0 Å². The van der Waals surface area contributed by atoms with Gasteiger partial charge in [-0.3, -0.25) is 4.79 Å². The Morgan fingerprint density at radius 3 is 3.00 bits per heavy atom. The predicted molar refractivity (Wildman–Crippen MR) is 74.9 cm³/mol. The smallest absolute Gasteiger partial charge is 0.195 e. The molecule has 0 bridgehead atoms. The van der Waals surface area contributed by atoms with Crippen molar-refractivity contribution in [3.05, 3.63) is 29.3 Å². The molecule has 1 aromatic rings. The summed E-state index contributed by atoms with van der Waals surface area (Å²) >= 11 is 0. The lowest BCUT2D eigenvalue weighted by molar-refractivity contribution is 0.0419. The molecule has 0 saturated heterocycles. The maximum Gasteiger partial charge on any atom is 0.195 e. The zero-order valence-electron chi connectivity index (χ0n) is 11.8. The molecule has 2 rings (SSSR count). The van der Waals surface area contributed by atoms with Crippen LogP contribution in [0.1, 0.15) is 49.0 Å². The second-order valence-electron chi connectivity index (χ2n) is 4.84. The summed E-state index contributed by atoms with van der Waals surface area (Å²) in [6.07, 6.45) is 3.37. The summed E-state index contributed by atoms with van der Waals surface area (Å²) in [5.41, 5.74) is 1.83. The van der Waals surface area contributed by atoms with Gasteiger partial charge in [0.2, 0.25) is 0 Å². The Morgan fingerprint density at radius 1 is 1.42 bits per heavy atom. The molecule has 1 aromatic carbocycles. The first-order valence-corrected chi connectivity index (χ1v) is 7.18. The molecule has 1 aliphatic rings. The highest BCUT2D eigenvalue weighted by Gasteiger charge is 2.25. The Labute approximate surface area is 114 Å². The van der Waals surface area contributed by atoms with Gasteiger partial charge in [0.1, 0.15) is 11.9 Å². The van der Waals surface area contributed by atoms with Crippen LogP contribution in [0.3, 0.4) is 0 Å². The van der Waals surface area contributed by atoms with Crippen molar-refractivity contribution in [2.45, 2.75) is 45.6 Å². The summed E-state index contributed by atoms with van der Waals surface area (Å²) in [6, 6.07) is 5.84. The van der Waals surface area contributed by atoms with Gasteiger partial charge in [0.15, 0.2) is 5.78 Å². The molecular formula is C16H22O3. The number of carbonyl (C=O) groups is 1. The standard InChI is InChI=1S/C16H22O3/c1-3-7-14(18-4-2)15(17)13-10-5-8-12-9-6-11-19-16(12)13/h5,8,10,14H,3-4,6-7,9,11H2,1-2H3. The summed E-state index contributed by atoms with van der Waals surface area (Å²) in [5, 5.41) is 0. The number of Topliss-reactive ketones (excluding diaryl/α,β-unsaturated/α-hetero) is 1. The number of rotatable bonds is 6. The van der Waals surface area contributed by atoms with Crippen molar-refractivity contribution >= 4 is 5.78 Å². The van der Waals surface area contributed by atoms with Crippen molar-refractivity contribution in [1.29, 1.82) is 0 Å². The third-order valence-electron chi connectivity index (χ3n) is 3.41. The molecule has 0 aromatic heterocycles. The lowest BCUT2D eigenvalue weighted by Gasteiger charge is -2.22. The Kier molecular flexibility index (Phi) is 4.97. The van der Waals surface area contributed by atoms with Gasteiger partial charge >= 0.3 is 0 Å². The number of aryl methyl sites for hydroxylation is 1. The lowest BCUT2D eigenvalue weighted by Crippen LogP contribution is -2.26. The van der Waals surface area contributed by atoms with Crippen LogP contribution in [0.15, 0.2) is 18.2 Å². The molecule has 1 aliphatic heterocycles. The zero-order valence-corrected chi connectivity index (χ0v) is 11.8. The summed E-state index contributed by atoms with van der Waals surface area (Å²) in [4.78, 5) is 12.6. The average Bonchev–Trinajstić information content (AvgIpc) is 2.46. The van der Waals surface area contributed by atoms with Crippen molar-refractivity contribution in [3.63, 3.8) is 0 Å². The summed E-state index contributed by atoms with van der Waals surface area (Å²) in [6.45, 7) is 5.25. The van der Waals surface area contributed by atoms with Gasteiger partial charge in [-0.05, 0) is 37.8 Å². The largest absolute Gasteiger partial charge is 0.493 e. The average molecular weight is 262 g/mol. The Morgan fingerprint density at radius 2 is 2.26 bits per heavy atom. The molecule has 0 saturated carbocycles. The lowest BCUT2D eigenvalue weighted by atomic mass is 9.96. The number of fused-ring (bicyclic) bond motifs is 1. The van der Waals surface area contributed by atoms with Crippen molar-refractivity contribution in [2.75, 3.05) is 13.2 Å². The monoisotopic (exact) mass is 262 g/mol. The van der Waals surface area contributed by atoms with Crippen LogP contribution < -0.4 is 4.74 Å². The minimum Gasteiger partial charge on any atom is -0.493 e. The molecule has 19 heavy (non-hydrogen) atoms. The van der Waals surface area contributed by atoms with Gasteiger partial charge in [0, 0.05) is 6.61 Å². The highest BCUT2D eigenvalue weighted by atomic mass is 16.5. The van der Waals surface area contributed by atoms with Crippen LogP contribution in [0.5, 0.6) is 5.75 Å². The van der Waals surface area contributed by atoms with Crippen LogP contribution >= 0.6 is 0 Å². The van der Waals surface area contributed by atoms with Crippen molar-refractivity contribution < 1.29 is 14.3 Å². The van der Waals surface area contributed by atoms with E-state index >= 15 is 0 Å². The van der Waals surface area contributed by atoms with Gasteiger partial charge in [-0.15, -0.1) is 0 Å². The zero-order chi connectivity index (χ0) is 13.7. The fourth-order valence-electron chi connectivity index (χ4n) is 2.51. The van der Waals surface area contributed by atoms with Crippen LogP contribution in [-0.4, -0.2) is 25.1 Å². The summed E-state index contributed by atoms with van der Waals surface area (Å²) in [7, 11) is 0. The van der Waals surface area contributed by atoms with Crippen molar-refractivity contribution in [1.82, 2.24) is 0 Å². The summed E-state index contributed by atoms with van der Waals surface area (Å²) < 4.78 is 11.3. The van der Waals surface area contributed by atoms with E-state index in [-0.39, 0.29) is 11.9 Å². The third kappa shape index (κ3) is 3.16. The van der Waals surface area contributed by atoms with Crippen LogP contribution in [0.4, 0.5) is 0 Å². The van der Waals surface area contributed by atoms with E-state index < -0.39 is 0 Å². The molecule has 0 radical (unpaired) electrons. The molecule has 1 unspecified atom stereocenters. The molecule has 0 N–H and O–H groups in total. The van der Waals surface area contributed by atoms with Crippen molar-refractivity contribution in [3.8, 4) is 5.75 Å². The quantitative estimate of drug-likeness (QED) is 0.737. The molecule has 1 atom stereocenters. The highest BCUT2D eigenvalue weighted by Crippen LogP contribution is 2.30. The van der Waals surface area contributed by atoms with Crippen molar-refractivity contribution in [2.24, 2.45) is 0 Å². The number of ketones is 1. The number of ether oxygens (including phenoxy) is 2. The van der Waals surface area contributed by atoms with E-state index in [9.17, 15) is 4.79 Å². The second kappa shape index (κ2) is 6.71. The van der Waals surface area contributed by atoms with Crippen LogP contribution in [-0.2, 0) is 11.2 Å². The first kappa shape index (κ1) is 14.1. The topological polar surface area (TPSA) is 35.5 Å². The molecule has 3 heteroatoms. The Bertz CT molecular complexity index is 434. The number of para-hydroxylation sites is 1. The summed E-state index contributed by atoms with van der Waals surface area (Å²) in [5.74, 6) is 0.835. The maximum absolute atomic E-state index is 12.6. The molecule has 0 amide bonds. The minimum atomic E-state index is -0.341. The molecule has 3 nitrogen and oxygen atoms in total. The Hall–Kier alpha value is -1.35. The van der Waals surface area contributed by atoms with E-state index in [1.165, 1.54) is 0 Å². The third-order valence-corrected chi connectivity index (χ3v) is 3.41. The molecule has 104 valence electrons. The minimum absolute atomic E-state index is 0.0578. The van der Waals surface area contributed by atoms with E-state index in [2.05, 4.69) is 6.92 Å². The van der Waals surface area contributed by atoms with Crippen LogP contribution in [0.25, 0.3) is 0 Å². The number of hydrogen-bond acceptors (Lipinski definition) is 3. The molecule has 0 spiro atoms. The number of hydrogen-bond donors (Lipinski definition) is 0. The Balaban J connectivity index is 2.27. The van der Waals surface area contributed by atoms with Gasteiger partial charge in [0.25, 0.3) is 0 Å². The van der Waals surface area contributed by atoms with Gasteiger partial charge < -0.3 is 9.47 Å². The highest BCUT2D eigenvalue weighted by molar-refractivity contribution is 6.02. The SMILES string of the molecule is CCCC(OCC)C(=O)c1cccc2c1OCCC2. The molecular weight excluding hydrogens is 240 g/mol.